The molecule has 1 rings (SSSR count). The molecule has 0 saturated heterocycles. The summed E-state index contributed by atoms with van der Waals surface area (Å²) in [7, 11) is 3.00. The fraction of sp³-hybridized carbons (Fsp3) is 0.417. The van der Waals surface area contributed by atoms with Crippen molar-refractivity contribution >= 4 is 11.6 Å². The minimum atomic E-state index is -0.607. The van der Waals surface area contributed by atoms with Gasteiger partial charge in [-0.15, -0.1) is 0 Å². The Morgan fingerprint density at radius 1 is 1.44 bits per heavy atom. The highest BCUT2D eigenvalue weighted by molar-refractivity contribution is 6.33. The normalized spacial score (nSPS) is 11.7. The van der Waals surface area contributed by atoms with Crippen LogP contribution in [0.4, 0.5) is 0 Å². The molecule has 1 atom stereocenters. The van der Waals surface area contributed by atoms with Gasteiger partial charge < -0.3 is 14.6 Å². The molecule has 0 aliphatic heterocycles. The van der Waals surface area contributed by atoms with Crippen LogP contribution in [0.2, 0.25) is 5.02 Å². The van der Waals surface area contributed by atoms with E-state index in [4.69, 9.17) is 31.4 Å². The van der Waals surface area contributed by atoms with Gasteiger partial charge in [0.05, 0.1) is 31.9 Å². The highest BCUT2D eigenvalue weighted by atomic mass is 35.5. The van der Waals surface area contributed by atoms with Gasteiger partial charge in [-0.25, -0.2) is 0 Å². The van der Waals surface area contributed by atoms with E-state index in [2.05, 4.69) is 11.4 Å². The van der Waals surface area contributed by atoms with Crippen LogP contribution in [-0.2, 0) is 0 Å². The predicted octanol–water partition coefficient (Wildman–Crippen LogP) is 1.50. The van der Waals surface area contributed by atoms with Gasteiger partial charge in [-0.1, -0.05) is 17.7 Å². The molecule has 1 unspecified atom stereocenters. The van der Waals surface area contributed by atoms with Crippen molar-refractivity contribution in [3.05, 3.63) is 22.7 Å². The number of methoxy groups -OCH3 is 2. The highest BCUT2D eigenvalue weighted by Gasteiger charge is 2.19. The molecule has 0 aliphatic carbocycles. The molecule has 0 bridgehead atoms. The van der Waals surface area contributed by atoms with Gasteiger partial charge >= 0.3 is 0 Å². The van der Waals surface area contributed by atoms with Crippen molar-refractivity contribution in [1.82, 2.24) is 5.32 Å². The Hall–Kier alpha value is -1.48. The van der Waals surface area contributed by atoms with Gasteiger partial charge in [-0.2, -0.15) is 5.26 Å². The molecule has 6 heteroatoms. The van der Waals surface area contributed by atoms with E-state index < -0.39 is 6.04 Å². The first kappa shape index (κ1) is 14.6. The lowest BCUT2D eigenvalue weighted by Crippen LogP contribution is -2.23. The lowest BCUT2D eigenvalue weighted by Gasteiger charge is -2.16. The average Bonchev–Trinajstić information content (AvgIpc) is 2.40. The van der Waals surface area contributed by atoms with Crippen molar-refractivity contribution < 1.29 is 14.6 Å². The molecule has 0 spiro atoms. The summed E-state index contributed by atoms with van der Waals surface area (Å²) in [6.07, 6.45) is 0. The second-order valence-corrected chi connectivity index (χ2v) is 3.82. The molecule has 0 fully saturated rings. The van der Waals surface area contributed by atoms with Crippen LogP contribution in [0.15, 0.2) is 12.1 Å². The molecule has 0 heterocycles. The van der Waals surface area contributed by atoms with Crippen molar-refractivity contribution in [2.24, 2.45) is 0 Å². The molecule has 0 saturated carbocycles. The zero-order chi connectivity index (χ0) is 13.5. The molecule has 0 aliphatic rings. The summed E-state index contributed by atoms with van der Waals surface area (Å²) in [6, 6.07) is 4.85. The number of rotatable bonds is 6. The maximum atomic E-state index is 9.10. The van der Waals surface area contributed by atoms with E-state index in [9.17, 15) is 0 Å². The number of aliphatic hydroxyl groups is 1. The summed E-state index contributed by atoms with van der Waals surface area (Å²) < 4.78 is 10.3. The van der Waals surface area contributed by atoms with Gasteiger partial charge in [0.2, 0.25) is 0 Å². The highest BCUT2D eigenvalue weighted by Crippen LogP contribution is 2.39. The lowest BCUT2D eigenvalue weighted by atomic mass is 10.1. The van der Waals surface area contributed by atoms with E-state index >= 15 is 0 Å². The number of nitrogens with one attached hydrogen (secondary N) is 1. The SMILES string of the molecule is COc1ccc(C(C#N)NCCO)c(Cl)c1OC. The topological polar surface area (TPSA) is 74.5 Å². The molecule has 1 aromatic rings. The fourth-order valence-electron chi connectivity index (χ4n) is 1.56. The molecule has 0 aromatic heterocycles. The van der Waals surface area contributed by atoms with E-state index in [1.165, 1.54) is 14.2 Å². The minimum absolute atomic E-state index is 0.0525. The van der Waals surface area contributed by atoms with Gasteiger partial charge in [0, 0.05) is 12.1 Å². The van der Waals surface area contributed by atoms with Crippen LogP contribution in [0.25, 0.3) is 0 Å². The molecular weight excluding hydrogens is 256 g/mol. The van der Waals surface area contributed by atoms with Crippen LogP contribution in [0.1, 0.15) is 11.6 Å². The minimum Gasteiger partial charge on any atom is -0.493 e. The lowest BCUT2D eigenvalue weighted by molar-refractivity contribution is 0.289. The molecule has 98 valence electrons. The molecular formula is C12H15ClN2O3. The summed E-state index contributed by atoms with van der Waals surface area (Å²) >= 11 is 6.19. The van der Waals surface area contributed by atoms with E-state index in [-0.39, 0.29) is 6.61 Å². The Balaban J connectivity index is 3.13. The maximum Gasteiger partial charge on any atom is 0.179 e. The standard InChI is InChI=1S/C12H15ClN2O3/c1-17-10-4-3-8(11(13)12(10)18-2)9(7-14)15-5-6-16/h3-4,9,15-16H,5-6H2,1-2H3. The fourth-order valence-corrected chi connectivity index (χ4v) is 1.90. The van der Waals surface area contributed by atoms with Gasteiger partial charge in [-0.3, -0.25) is 5.32 Å². The second-order valence-electron chi connectivity index (χ2n) is 3.44. The Morgan fingerprint density at radius 3 is 2.67 bits per heavy atom. The van der Waals surface area contributed by atoms with Crippen molar-refractivity contribution in [3.8, 4) is 17.6 Å². The Bertz CT molecular complexity index is 446. The second kappa shape index (κ2) is 7.07. The van der Waals surface area contributed by atoms with Gasteiger partial charge in [-0.05, 0) is 6.07 Å². The zero-order valence-corrected chi connectivity index (χ0v) is 11.0. The summed E-state index contributed by atoms with van der Waals surface area (Å²) in [6.45, 7) is 0.256. The summed E-state index contributed by atoms with van der Waals surface area (Å²) in [5.74, 6) is 0.896. The van der Waals surface area contributed by atoms with E-state index in [0.717, 1.165) is 0 Å². The van der Waals surface area contributed by atoms with E-state index in [1.54, 1.807) is 12.1 Å². The first-order valence-corrected chi connectivity index (χ1v) is 5.71. The van der Waals surface area contributed by atoms with Crippen molar-refractivity contribution in [3.63, 3.8) is 0 Å². The monoisotopic (exact) mass is 270 g/mol. The number of hydrogen-bond donors (Lipinski definition) is 2. The quantitative estimate of drug-likeness (QED) is 0.819. The Labute approximate surface area is 111 Å². The molecule has 5 nitrogen and oxygen atoms in total. The summed E-state index contributed by atoms with van der Waals surface area (Å²) in [5.41, 5.74) is 0.588. The molecule has 1 aromatic carbocycles. The van der Waals surface area contributed by atoms with E-state index in [1.807, 2.05) is 0 Å². The van der Waals surface area contributed by atoms with E-state index in [0.29, 0.717) is 28.6 Å². The predicted molar refractivity (Wildman–Crippen MR) is 68.0 cm³/mol. The Morgan fingerprint density at radius 2 is 2.17 bits per heavy atom. The smallest absolute Gasteiger partial charge is 0.179 e. The van der Waals surface area contributed by atoms with Gasteiger partial charge in [0.1, 0.15) is 6.04 Å². The third kappa shape index (κ3) is 3.05. The third-order valence-electron chi connectivity index (χ3n) is 2.42. The largest absolute Gasteiger partial charge is 0.493 e. The number of aliphatic hydroxyl groups excluding tert-OH is 1. The molecule has 0 radical (unpaired) electrons. The number of nitrogens with zero attached hydrogens (tertiary/aromatic N) is 1. The van der Waals surface area contributed by atoms with Crippen molar-refractivity contribution in [2.75, 3.05) is 27.4 Å². The molecule has 2 N–H and O–H groups in total. The number of nitriles is 1. The van der Waals surface area contributed by atoms with Crippen LogP contribution < -0.4 is 14.8 Å². The maximum absolute atomic E-state index is 9.10. The first-order valence-electron chi connectivity index (χ1n) is 5.33. The summed E-state index contributed by atoms with van der Waals surface area (Å²) in [5, 5.41) is 21.1. The summed E-state index contributed by atoms with van der Waals surface area (Å²) in [4.78, 5) is 0. The third-order valence-corrected chi connectivity index (χ3v) is 2.81. The van der Waals surface area contributed by atoms with Crippen LogP contribution in [-0.4, -0.2) is 32.5 Å². The molecule has 0 amide bonds. The number of benzene rings is 1. The van der Waals surface area contributed by atoms with Crippen molar-refractivity contribution in [1.29, 1.82) is 5.26 Å². The van der Waals surface area contributed by atoms with Crippen LogP contribution in [0.3, 0.4) is 0 Å². The molecule has 18 heavy (non-hydrogen) atoms. The first-order chi connectivity index (χ1) is 8.69. The zero-order valence-electron chi connectivity index (χ0n) is 10.2. The van der Waals surface area contributed by atoms with Crippen LogP contribution >= 0.6 is 11.6 Å². The average molecular weight is 271 g/mol. The number of halogens is 1. The number of ether oxygens (including phenoxy) is 2. The van der Waals surface area contributed by atoms with Crippen LogP contribution in [0, 0.1) is 11.3 Å². The number of hydrogen-bond acceptors (Lipinski definition) is 5. The van der Waals surface area contributed by atoms with Gasteiger partial charge in [0.15, 0.2) is 11.5 Å². The van der Waals surface area contributed by atoms with Gasteiger partial charge in [0.25, 0.3) is 0 Å². The van der Waals surface area contributed by atoms with Crippen LogP contribution in [0.5, 0.6) is 11.5 Å². The van der Waals surface area contributed by atoms with Crippen molar-refractivity contribution in [2.45, 2.75) is 6.04 Å². The Kier molecular flexibility index (Phi) is 5.72.